The lowest BCUT2D eigenvalue weighted by Crippen LogP contribution is -1.96. The van der Waals surface area contributed by atoms with Gasteiger partial charge in [-0.25, -0.2) is 0 Å². The third kappa shape index (κ3) is 4.58. The molecule has 0 unspecified atom stereocenters. The van der Waals surface area contributed by atoms with Crippen LogP contribution in [0.25, 0.3) is 6.08 Å². The maximum atomic E-state index is 12.1. The minimum atomic E-state index is -0.0315. The number of benzene rings is 2. The molecule has 0 spiro atoms. The van der Waals surface area contributed by atoms with Gasteiger partial charge in [0.1, 0.15) is 6.61 Å². The maximum absolute atomic E-state index is 12.1. The van der Waals surface area contributed by atoms with Crippen LogP contribution in [0.4, 0.5) is 0 Å². The summed E-state index contributed by atoms with van der Waals surface area (Å²) in [6.07, 6.45) is 5.00. The molecule has 3 heteroatoms. The fourth-order valence-electron chi connectivity index (χ4n) is 2.04. The zero-order chi connectivity index (χ0) is 16.7. The van der Waals surface area contributed by atoms with Crippen molar-refractivity contribution in [2.24, 2.45) is 0 Å². The average Bonchev–Trinajstić information content (AvgIpc) is 2.58. The van der Waals surface area contributed by atoms with Crippen LogP contribution in [0.15, 0.2) is 61.2 Å². The molecule has 0 saturated carbocycles. The van der Waals surface area contributed by atoms with Crippen LogP contribution in [0.3, 0.4) is 0 Å². The van der Waals surface area contributed by atoms with Crippen LogP contribution in [0.2, 0.25) is 0 Å². The molecule has 0 heterocycles. The highest BCUT2D eigenvalue weighted by molar-refractivity contribution is 6.06. The molecule has 0 aliphatic carbocycles. The smallest absolute Gasteiger partial charge is 0.185 e. The highest BCUT2D eigenvalue weighted by Gasteiger charge is 2.05. The molecule has 2 rings (SSSR count). The van der Waals surface area contributed by atoms with Gasteiger partial charge in [0.05, 0.1) is 7.11 Å². The third-order valence-corrected chi connectivity index (χ3v) is 3.31. The molecule has 2 aromatic rings. The van der Waals surface area contributed by atoms with E-state index < -0.39 is 0 Å². The van der Waals surface area contributed by atoms with Gasteiger partial charge in [0, 0.05) is 5.56 Å². The van der Waals surface area contributed by atoms with Gasteiger partial charge < -0.3 is 9.47 Å². The van der Waals surface area contributed by atoms with E-state index in [1.54, 1.807) is 25.3 Å². The van der Waals surface area contributed by atoms with Gasteiger partial charge in [-0.2, -0.15) is 0 Å². The van der Waals surface area contributed by atoms with E-state index in [0.29, 0.717) is 23.7 Å². The average molecular weight is 308 g/mol. The van der Waals surface area contributed by atoms with Crippen LogP contribution < -0.4 is 9.47 Å². The first kappa shape index (κ1) is 16.6. The first-order valence-corrected chi connectivity index (χ1v) is 7.35. The summed E-state index contributed by atoms with van der Waals surface area (Å²) in [5.74, 6) is 1.24. The van der Waals surface area contributed by atoms with Crippen molar-refractivity contribution in [3.8, 4) is 11.5 Å². The van der Waals surface area contributed by atoms with Crippen molar-refractivity contribution in [2.45, 2.75) is 6.92 Å². The Kier molecular flexibility index (Phi) is 5.75. The van der Waals surface area contributed by atoms with Gasteiger partial charge in [0.25, 0.3) is 0 Å². The van der Waals surface area contributed by atoms with Gasteiger partial charge in [0.2, 0.25) is 0 Å². The van der Waals surface area contributed by atoms with E-state index in [0.717, 1.165) is 11.1 Å². The number of allylic oxidation sites excluding steroid dienone is 1. The molecule has 3 nitrogen and oxygen atoms in total. The molecule has 2 aromatic carbocycles. The number of ketones is 1. The third-order valence-electron chi connectivity index (χ3n) is 3.31. The van der Waals surface area contributed by atoms with E-state index in [1.165, 1.54) is 0 Å². The minimum absolute atomic E-state index is 0.0315. The van der Waals surface area contributed by atoms with Gasteiger partial charge in [-0.3, -0.25) is 4.79 Å². The van der Waals surface area contributed by atoms with Crippen LogP contribution >= 0.6 is 0 Å². The molecule has 0 aromatic heterocycles. The van der Waals surface area contributed by atoms with E-state index in [1.807, 2.05) is 49.4 Å². The molecule has 0 saturated heterocycles. The lowest BCUT2D eigenvalue weighted by atomic mass is 10.1. The summed E-state index contributed by atoms with van der Waals surface area (Å²) in [4.78, 5) is 12.1. The van der Waals surface area contributed by atoms with Crippen molar-refractivity contribution in [2.75, 3.05) is 13.7 Å². The summed E-state index contributed by atoms with van der Waals surface area (Å²) in [5.41, 5.74) is 2.67. The molecule has 0 aliphatic rings. The van der Waals surface area contributed by atoms with Crippen LogP contribution in [-0.2, 0) is 0 Å². The van der Waals surface area contributed by atoms with Crippen molar-refractivity contribution in [3.63, 3.8) is 0 Å². The molecule has 0 radical (unpaired) electrons. The number of methoxy groups -OCH3 is 1. The van der Waals surface area contributed by atoms with Gasteiger partial charge in [-0.15, -0.1) is 0 Å². The second-order valence-electron chi connectivity index (χ2n) is 5.07. The first-order valence-electron chi connectivity index (χ1n) is 7.35. The van der Waals surface area contributed by atoms with Crippen molar-refractivity contribution >= 4 is 11.9 Å². The summed E-state index contributed by atoms with van der Waals surface area (Å²) < 4.78 is 10.8. The van der Waals surface area contributed by atoms with E-state index >= 15 is 0 Å². The van der Waals surface area contributed by atoms with E-state index in [4.69, 9.17) is 9.47 Å². The molecular weight excluding hydrogens is 288 g/mol. The summed E-state index contributed by atoms with van der Waals surface area (Å²) in [7, 11) is 1.58. The SMILES string of the molecule is C=CCOc1ccc(/C=C/C(=O)c2ccc(C)cc2)cc1OC. The zero-order valence-electron chi connectivity index (χ0n) is 13.4. The van der Waals surface area contributed by atoms with E-state index in [9.17, 15) is 4.79 Å². The van der Waals surface area contributed by atoms with Crippen LogP contribution in [0.1, 0.15) is 21.5 Å². The Morgan fingerprint density at radius 1 is 1.13 bits per heavy atom. The second-order valence-corrected chi connectivity index (χ2v) is 5.07. The van der Waals surface area contributed by atoms with Crippen molar-refractivity contribution in [1.29, 1.82) is 0 Å². The van der Waals surface area contributed by atoms with Gasteiger partial charge in [0.15, 0.2) is 17.3 Å². The number of hydrogen-bond acceptors (Lipinski definition) is 3. The summed E-state index contributed by atoms with van der Waals surface area (Å²) in [5, 5.41) is 0. The number of ether oxygens (including phenoxy) is 2. The molecule has 0 atom stereocenters. The summed E-state index contributed by atoms with van der Waals surface area (Å²) in [6, 6.07) is 13.0. The van der Waals surface area contributed by atoms with Crippen molar-refractivity contribution < 1.29 is 14.3 Å². The Balaban J connectivity index is 2.14. The molecule has 0 N–H and O–H groups in total. The first-order chi connectivity index (χ1) is 11.1. The zero-order valence-corrected chi connectivity index (χ0v) is 13.4. The second kappa shape index (κ2) is 7.99. The standard InChI is InChI=1S/C20H20O3/c1-4-13-23-19-12-8-16(14-20(19)22-3)7-11-18(21)17-9-5-15(2)6-10-17/h4-12,14H,1,13H2,2-3H3/b11-7+. The van der Waals surface area contributed by atoms with E-state index in [2.05, 4.69) is 6.58 Å². The predicted molar refractivity (Wildman–Crippen MR) is 93.2 cm³/mol. The Morgan fingerprint density at radius 2 is 1.87 bits per heavy atom. The topological polar surface area (TPSA) is 35.5 Å². The maximum Gasteiger partial charge on any atom is 0.185 e. The summed E-state index contributed by atoms with van der Waals surface area (Å²) >= 11 is 0. The number of hydrogen-bond donors (Lipinski definition) is 0. The number of aryl methyl sites for hydroxylation is 1. The minimum Gasteiger partial charge on any atom is -0.493 e. The largest absolute Gasteiger partial charge is 0.493 e. The summed E-state index contributed by atoms with van der Waals surface area (Å²) in [6.45, 7) is 6.02. The predicted octanol–water partition coefficient (Wildman–Crippen LogP) is 4.46. The highest BCUT2D eigenvalue weighted by atomic mass is 16.5. The molecular formula is C20H20O3. The van der Waals surface area contributed by atoms with Gasteiger partial charge in [-0.05, 0) is 30.7 Å². The lowest BCUT2D eigenvalue weighted by molar-refractivity contribution is 0.104. The Labute approximate surface area is 136 Å². The Bertz CT molecular complexity index is 712. The molecule has 0 amide bonds. The molecule has 0 bridgehead atoms. The fraction of sp³-hybridized carbons (Fsp3) is 0.150. The lowest BCUT2D eigenvalue weighted by Gasteiger charge is -2.09. The molecule has 118 valence electrons. The molecule has 0 aliphatic heterocycles. The number of carbonyl (C=O) groups excluding carboxylic acids is 1. The van der Waals surface area contributed by atoms with Crippen LogP contribution in [0.5, 0.6) is 11.5 Å². The molecule has 23 heavy (non-hydrogen) atoms. The van der Waals surface area contributed by atoms with Gasteiger partial charge >= 0.3 is 0 Å². The van der Waals surface area contributed by atoms with E-state index in [-0.39, 0.29) is 5.78 Å². The Hall–Kier alpha value is -2.81. The van der Waals surface area contributed by atoms with Gasteiger partial charge in [-0.1, -0.05) is 54.6 Å². The normalized spacial score (nSPS) is 10.5. The van der Waals surface area contributed by atoms with Crippen LogP contribution in [-0.4, -0.2) is 19.5 Å². The number of carbonyl (C=O) groups is 1. The number of rotatable bonds is 7. The van der Waals surface area contributed by atoms with Crippen LogP contribution in [0, 0.1) is 6.92 Å². The Morgan fingerprint density at radius 3 is 2.52 bits per heavy atom. The quantitative estimate of drug-likeness (QED) is 0.430. The fourth-order valence-corrected chi connectivity index (χ4v) is 2.04. The monoisotopic (exact) mass is 308 g/mol. The highest BCUT2D eigenvalue weighted by Crippen LogP contribution is 2.28. The van der Waals surface area contributed by atoms with Crippen molar-refractivity contribution in [1.82, 2.24) is 0 Å². The molecule has 0 fully saturated rings. The van der Waals surface area contributed by atoms with Crippen molar-refractivity contribution in [3.05, 3.63) is 77.9 Å².